The van der Waals surface area contributed by atoms with Crippen LogP contribution in [0.2, 0.25) is 0 Å². The predicted molar refractivity (Wildman–Crippen MR) is 80.9 cm³/mol. The maximum Gasteiger partial charge on any atom is 0.330 e. The summed E-state index contributed by atoms with van der Waals surface area (Å²) < 4.78 is 4.43. The number of hydrogen-bond acceptors (Lipinski definition) is 7. The van der Waals surface area contributed by atoms with Crippen molar-refractivity contribution < 1.29 is 24.2 Å². The summed E-state index contributed by atoms with van der Waals surface area (Å²) in [5.41, 5.74) is 1.32. The van der Waals surface area contributed by atoms with E-state index in [1.54, 1.807) is 0 Å². The Bertz CT molecular complexity index is 474. The Labute approximate surface area is 128 Å². The fourth-order valence-electron chi connectivity index (χ4n) is 0.767. The van der Waals surface area contributed by atoms with Crippen molar-refractivity contribution in [3.05, 3.63) is 60.9 Å². The highest BCUT2D eigenvalue weighted by atomic mass is 16.5. The summed E-state index contributed by atoms with van der Waals surface area (Å²) in [6.07, 6.45) is 4.68. The lowest BCUT2D eigenvalue weighted by molar-refractivity contribution is -0.136. The van der Waals surface area contributed by atoms with Crippen LogP contribution >= 0.6 is 0 Å². The van der Waals surface area contributed by atoms with E-state index in [1.807, 2.05) is 18.2 Å². The average Bonchev–Trinajstić information content (AvgIpc) is 2.50. The summed E-state index contributed by atoms with van der Waals surface area (Å²) in [5.74, 6) is -0.492. The Morgan fingerprint density at radius 3 is 2.00 bits per heavy atom. The molecule has 3 N–H and O–H groups in total. The van der Waals surface area contributed by atoms with E-state index in [4.69, 9.17) is 25.5 Å². The molecule has 118 valence electrons. The lowest BCUT2D eigenvalue weighted by Gasteiger charge is -1.92. The molecule has 0 aliphatic rings. The van der Waals surface area contributed by atoms with E-state index >= 15 is 0 Å². The lowest BCUT2D eigenvalue weighted by Crippen LogP contribution is -1.98. The van der Waals surface area contributed by atoms with Crippen LogP contribution in [0, 0.1) is 17.7 Å². The van der Waals surface area contributed by atoms with Crippen LogP contribution in [0.4, 0.5) is 0 Å². The number of carbonyl (C=O) groups excluding carboxylic acids is 3. The summed E-state index contributed by atoms with van der Waals surface area (Å²) >= 11 is 0. The topological polar surface area (TPSA) is 128 Å². The molecule has 7 heteroatoms. The van der Waals surface area contributed by atoms with Crippen molar-refractivity contribution in [1.29, 1.82) is 10.8 Å². The molecular weight excluding hydrogens is 288 g/mol. The molecule has 0 bridgehead atoms. The lowest BCUT2D eigenvalue weighted by atomic mass is 10.2. The van der Waals surface area contributed by atoms with Crippen molar-refractivity contribution in [1.82, 2.24) is 0 Å². The number of aliphatic hydroxyl groups is 1. The van der Waals surface area contributed by atoms with Gasteiger partial charge in [0, 0.05) is 6.08 Å². The van der Waals surface area contributed by atoms with E-state index < -0.39 is 5.97 Å². The summed E-state index contributed by atoms with van der Waals surface area (Å²) in [6, 6.07) is 10.3. The number of ether oxygens (including phenoxy) is 1. The Balaban J connectivity index is -0.000000246. The summed E-state index contributed by atoms with van der Waals surface area (Å²) in [7, 11) is 0. The Morgan fingerprint density at radius 2 is 1.73 bits per heavy atom. The van der Waals surface area contributed by atoms with Gasteiger partial charge in [-0.05, 0) is 13.0 Å². The Kier molecular flexibility index (Phi) is 24.7. The second kappa shape index (κ2) is 22.9. The number of nitrogens with one attached hydrogen (secondary N) is 2. The first-order valence-corrected chi connectivity index (χ1v) is 5.71. The molecule has 0 spiro atoms. The molecule has 7 nitrogen and oxygen atoms in total. The Hall–Kier alpha value is -3.27. The molecular formula is C15H18N2O5. The molecule has 0 saturated heterocycles. The minimum absolute atomic E-state index is 0.0847. The van der Waals surface area contributed by atoms with Crippen molar-refractivity contribution in [3.63, 3.8) is 0 Å². The first-order chi connectivity index (χ1) is 10.5. The average molecular weight is 306 g/mol. The summed E-state index contributed by atoms with van der Waals surface area (Å²) in [6.45, 7) is 5.35. The van der Waals surface area contributed by atoms with E-state index in [-0.39, 0.29) is 6.61 Å². The maximum atomic E-state index is 10.2. The standard InChI is InChI=1S/C7H8.C6H8O3.2CHNO/c1-7-5-3-2-4-6-7;1-2-6(8)9-5-3-4-7;2*2-1-3/h2-6H,1H3;2-4,7H,1,5H2;2*2H. The van der Waals surface area contributed by atoms with E-state index in [1.165, 1.54) is 11.6 Å². The van der Waals surface area contributed by atoms with Crippen molar-refractivity contribution in [2.45, 2.75) is 6.92 Å². The molecule has 0 atom stereocenters. The number of aliphatic hydroxyl groups excluding tert-OH is 1. The normalized spacial score (nSPS) is 7.32. The summed E-state index contributed by atoms with van der Waals surface area (Å²) in [4.78, 5) is 26.9. The van der Waals surface area contributed by atoms with Crippen LogP contribution in [0.3, 0.4) is 0 Å². The third kappa shape index (κ3) is 30.1. The molecule has 1 aromatic rings. The monoisotopic (exact) mass is 306 g/mol. The van der Waals surface area contributed by atoms with Gasteiger partial charge < -0.3 is 9.84 Å². The first-order valence-electron chi connectivity index (χ1n) is 5.71. The third-order valence-electron chi connectivity index (χ3n) is 1.53. The number of benzene rings is 1. The highest BCUT2D eigenvalue weighted by Crippen LogP contribution is 1.92. The highest BCUT2D eigenvalue weighted by molar-refractivity contribution is 5.81. The molecule has 0 unspecified atom stereocenters. The van der Waals surface area contributed by atoms with Gasteiger partial charge in [0.05, 0.1) is 6.26 Å². The molecule has 0 aliphatic heterocycles. The number of hydrogen-bond donors (Lipinski definition) is 3. The van der Waals surface area contributed by atoms with Crippen LogP contribution in [0.15, 0.2) is 55.3 Å². The van der Waals surface area contributed by atoms with E-state index in [0.717, 1.165) is 24.5 Å². The molecule has 0 saturated carbocycles. The van der Waals surface area contributed by atoms with Crippen molar-refractivity contribution in [3.8, 4) is 0 Å². The fourth-order valence-corrected chi connectivity index (χ4v) is 0.767. The van der Waals surface area contributed by atoms with Crippen LogP contribution in [-0.4, -0.2) is 29.8 Å². The molecule has 1 aromatic carbocycles. The SMILES string of the molecule is C=CC(=O)OCC=CO.Cc1ccccc1.N=C=O.N=C=O. The maximum absolute atomic E-state index is 10.2. The number of isocyanates is 2. The van der Waals surface area contributed by atoms with Gasteiger partial charge in [-0.1, -0.05) is 42.5 Å². The van der Waals surface area contributed by atoms with Gasteiger partial charge in [0.1, 0.15) is 6.61 Å². The molecule has 0 aliphatic carbocycles. The number of esters is 1. The molecule has 0 amide bonds. The van der Waals surface area contributed by atoms with Gasteiger partial charge >= 0.3 is 5.97 Å². The largest absolute Gasteiger partial charge is 0.516 e. The number of carbonyl (C=O) groups is 1. The van der Waals surface area contributed by atoms with Gasteiger partial charge in [-0.15, -0.1) is 0 Å². The van der Waals surface area contributed by atoms with Gasteiger partial charge in [-0.25, -0.2) is 25.2 Å². The first kappa shape index (κ1) is 23.8. The van der Waals surface area contributed by atoms with Gasteiger partial charge in [0.2, 0.25) is 12.2 Å². The fraction of sp³-hybridized carbons (Fsp3) is 0.133. The minimum Gasteiger partial charge on any atom is -0.516 e. The Morgan fingerprint density at radius 1 is 1.27 bits per heavy atom. The van der Waals surface area contributed by atoms with E-state index in [0.29, 0.717) is 0 Å². The van der Waals surface area contributed by atoms with Crippen molar-refractivity contribution >= 4 is 18.1 Å². The van der Waals surface area contributed by atoms with Crippen LogP contribution in [0.25, 0.3) is 0 Å². The smallest absolute Gasteiger partial charge is 0.330 e. The highest BCUT2D eigenvalue weighted by Gasteiger charge is 1.88. The third-order valence-corrected chi connectivity index (χ3v) is 1.53. The molecule has 0 fully saturated rings. The second-order valence-electron chi connectivity index (χ2n) is 3.08. The van der Waals surface area contributed by atoms with E-state index in [2.05, 4.69) is 30.4 Å². The molecule has 0 heterocycles. The second-order valence-corrected chi connectivity index (χ2v) is 3.08. The molecule has 1 rings (SSSR count). The number of aryl methyl sites for hydroxylation is 1. The van der Waals surface area contributed by atoms with Crippen LogP contribution in [0.5, 0.6) is 0 Å². The van der Waals surface area contributed by atoms with Gasteiger partial charge in [0.25, 0.3) is 0 Å². The van der Waals surface area contributed by atoms with Crippen molar-refractivity contribution in [2.75, 3.05) is 6.61 Å². The zero-order valence-corrected chi connectivity index (χ0v) is 12.1. The van der Waals surface area contributed by atoms with Crippen LogP contribution in [0.1, 0.15) is 5.56 Å². The quantitative estimate of drug-likeness (QED) is 0.260. The zero-order chi connectivity index (χ0) is 17.6. The summed E-state index contributed by atoms with van der Waals surface area (Å²) in [5, 5.41) is 18.9. The van der Waals surface area contributed by atoms with E-state index in [9.17, 15) is 4.79 Å². The molecule has 0 radical (unpaired) electrons. The van der Waals surface area contributed by atoms with Gasteiger partial charge in [0.15, 0.2) is 0 Å². The minimum atomic E-state index is -0.492. The van der Waals surface area contributed by atoms with Gasteiger partial charge in [-0.2, -0.15) is 0 Å². The van der Waals surface area contributed by atoms with Crippen molar-refractivity contribution in [2.24, 2.45) is 0 Å². The van der Waals surface area contributed by atoms with Crippen LogP contribution in [-0.2, 0) is 19.1 Å². The van der Waals surface area contributed by atoms with Gasteiger partial charge in [-0.3, -0.25) is 0 Å². The predicted octanol–water partition coefficient (Wildman–Crippen LogP) is 2.58. The molecule has 0 aromatic heterocycles. The number of rotatable bonds is 3. The van der Waals surface area contributed by atoms with Crippen LogP contribution < -0.4 is 0 Å². The molecule has 22 heavy (non-hydrogen) atoms. The zero-order valence-electron chi connectivity index (χ0n) is 12.1.